The number of carbonyl (C=O) groups excluding carboxylic acids is 1. The van der Waals surface area contributed by atoms with Crippen LogP contribution in [-0.2, 0) is 18.3 Å². The Kier molecular flexibility index (Phi) is 7.48. The minimum Gasteiger partial charge on any atom is -0.354 e. The molecule has 0 spiro atoms. The second kappa shape index (κ2) is 9.10. The first-order valence-corrected chi connectivity index (χ1v) is 8.11. The minimum atomic E-state index is -0.0405. The highest BCUT2D eigenvalue weighted by Crippen LogP contribution is 2.14. The summed E-state index contributed by atoms with van der Waals surface area (Å²) in [6, 6.07) is 0.150. The van der Waals surface area contributed by atoms with Crippen LogP contribution in [0, 0.1) is 13.8 Å². The zero-order valence-corrected chi connectivity index (χ0v) is 15.7. The van der Waals surface area contributed by atoms with Gasteiger partial charge in [-0.1, -0.05) is 6.08 Å². The van der Waals surface area contributed by atoms with Crippen molar-refractivity contribution in [3.63, 3.8) is 0 Å². The van der Waals surface area contributed by atoms with E-state index in [2.05, 4.69) is 41.2 Å². The molecule has 0 fully saturated rings. The van der Waals surface area contributed by atoms with Crippen LogP contribution in [0.2, 0.25) is 0 Å². The Balaban J connectivity index is 2.75. The van der Waals surface area contributed by atoms with E-state index in [1.54, 1.807) is 20.2 Å². The van der Waals surface area contributed by atoms with Gasteiger partial charge in [0, 0.05) is 39.4 Å². The number of amides is 1. The molecule has 1 aromatic rings. The van der Waals surface area contributed by atoms with Crippen LogP contribution in [-0.4, -0.2) is 59.8 Å². The van der Waals surface area contributed by atoms with E-state index in [4.69, 9.17) is 0 Å². The molecular formula is C17H30N6O. The molecule has 0 saturated carbocycles. The quantitative estimate of drug-likeness (QED) is 0.439. The maximum absolute atomic E-state index is 11.7. The van der Waals surface area contributed by atoms with Gasteiger partial charge in [0.1, 0.15) is 6.54 Å². The molecule has 2 N–H and O–H groups in total. The normalized spacial score (nSPS) is 12.7. The maximum atomic E-state index is 11.7. The summed E-state index contributed by atoms with van der Waals surface area (Å²) in [5.41, 5.74) is 3.45. The summed E-state index contributed by atoms with van der Waals surface area (Å²) in [7, 11) is 5.40. The van der Waals surface area contributed by atoms with Gasteiger partial charge in [-0.05, 0) is 32.8 Å². The van der Waals surface area contributed by atoms with Gasteiger partial charge >= 0.3 is 0 Å². The molecule has 24 heavy (non-hydrogen) atoms. The first kappa shape index (κ1) is 19.7. The van der Waals surface area contributed by atoms with Gasteiger partial charge in [0.25, 0.3) is 0 Å². The van der Waals surface area contributed by atoms with Gasteiger partial charge in [0.15, 0.2) is 5.96 Å². The third-order valence-corrected chi connectivity index (χ3v) is 3.84. The number of aliphatic imine (C=N–C) groups is 1. The van der Waals surface area contributed by atoms with Crippen LogP contribution >= 0.6 is 0 Å². The third-order valence-electron chi connectivity index (χ3n) is 3.84. The Labute approximate surface area is 144 Å². The summed E-state index contributed by atoms with van der Waals surface area (Å²) in [6.07, 6.45) is 2.59. The molecule has 134 valence electrons. The molecule has 1 heterocycles. The molecule has 0 aliphatic rings. The fraction of sp³-hybridized carbons (Fsp3) is 0.588. The lowest BCUT2D eigenvalue weighted by Crippen LogP contribution is -2.44. The number of aromatic nitrogens is 2. The van der Waals surface area contributed by atoms with E-state index in [9.17, 15) is 4.79 Å². The van der Waals surface area contributed by atoms with Gasteiger partial charge in [0.05, 0.1) is 5.69 Å². The Bertz CT molecular complexity index is 602. The molecule has 0 radical (unpaired) electrons. The third kappa shape index (κ3) is 5.72. The summed E-state index contributed by atoms with van der Waals surface area (Å²) < 4.78 is 1.90. The van der Waals surface area contributed by atoms with E-state index in [0.29, 0.717) is 12.5 Å². The van der Waals surface area contributed by atoms with Crippen LogP contribution in [0.25, 0.3) is 0 Å². The SMILES string of the molecule is C=CCNC(=NCC(=O)N(C)C)NC(C)Cc1c(C)nn(C)c1C. The Morgan fingerprint density at radius 3 is 2.62 bits per heavy atom. The van der Waals surface area contributed by atoms with E-state index < -0.39 is 0 Å². The summed E-state index contributed by atoms with van der Waals surface area (Å²) in [5.74, 6) is 0.568. The molecule has 0 saturated heterocycles. The number of hydrogen-bond acceptors (Lipinski definition) is 3. The van der Waals surface area contributed by atoms with Crippen molar-refractivity contribution >= 4 is 11.9 Å². The first-order valence-electron chi connectivity index (χ1n) is 8.11. The number of nitrogens with one attached hydrogen (secondary N) is 2. The van der Waals surface area contributed by atoms with Crippen LogP contribution in [0.3, 0.4) is 0 Å². The van der Waals surface area contributed by atoms with Crippen LogP contribution in [0.5, 0.6) is 0 Å². The standard InChI is InChI=1S/C17H30N6O/c1-8-9-18-17(19-11-16(24)22(5)6)20-12(2)10-15-13(3)21-23(7)14(15)4/h8,12H,1,9-11H2,2-7H3,(H2,18,19,20). The average Bonchev–Trinajstić information content (AvgIpc) is 2.75. The van der Waals surface area contributed by atoms with Gasteiger partial charge in [-0.15, -0.1) is 6.58 Å². The fourth-order valence-corrected chi connectivity index (χ4v) is 2.31. The maximum Gasteiger partial charge on any atom is 0.243 e. The molecule has 0 aromatic carbocycles. The minimum absolute atomic E-state index is 0.0405. The van der Waals surface area contributed by atoms with Gasteiger partial charge < -0.3 is 15.5 Å². The molecule has 1 atom stereocenters. The Hall–Kier alpha value is -2.31. The molecule has 1 amide bonds. The second-order valence-corrected chi connectivity index (χ2v) is 6.15. The van der Waals surface area contributed by atoms with Crippen LogP contribution in [0.15, 0.2) is 17.6 Å². The zero-order chi connectivity index (χ0) is 18.3. The number of rotatable bonds is 7. The first-order chi connectivity index (χ1) is 11.3. The van der Waals surface area contributed by atoms with Crippen LogP contribution in [0.1, 0.15) is 23.9 Å². The molecular weight excluding hydrogens is 304 g/mol. The van der Waals surface area contributed by atoms with Crippen molar-refractivity contribution < 1.29 is 4.79 Å². The number of aryl methyl sites for hydroxylation is 2. The summed E-state index contributed by atoms with van der Waals surface area (Å²) in [5, 5.41) is 10.9. The smallest absolute Gasteiger partial charge is 0.243 e. The van der Waals surface area contributed by atoms with Crippen molar-refractivity contribution in [3.05, 3.63) is 29.6 Å². The fourth-order valence-electron chi connectivity index (χ4n) is 2.31. The number of carbonyl (C=O) groups is 1. The lowest BCUT2D eigenvalue weighted by molar-refractivity contribution is -0.127. The summed E-state index contributed by atoms with van der Waals surface area (Å²) in [4.78, 5) is 17.6. The van der Waals surface area contributed by atoms with Gasteiger partial charge in [-0.2, -0.15) is 5.10 Å². The monoisotopic (exact) mass is 334 g/mol. The predicted molar refractivity (Wildman–Crippen MR) is 98.2 cm³/mol. The van der Waals surface area contributed by atoms with E-state index >= 15 is 0 Å². The van der Waals surface area contributed by atoms with Crippen molar-refractivity contribution in [2.75, 3.05) is 27.2 Å². The average molecular weight is 334 g/mol. The van der Waals surface area contributed by atoms with E-state index in [0.717, 1.165) is 12.1 Å². The summed E-state index contributed by atoms with van der Waals surface area (Å²) in [6.45, 7) is 10.6. The Morgan fingerprint density at radius 2 is 2.12 bits per heavy atom. The highest BCUT2D eigenvalue weighted by atomic mass is 16.2. The predicted octanol–water partition coefficient (Wildman–Crippen LogP) is 0.777. The van der Waals surface area contributed by atoms with E-state index in [1.165, 1.54) is 16.2 Å². The topological polar surface area (TPSA) is 74.6 Å². The lowest BCUT2D eigenvalue weighted by Gasteiger charge is -2.18. The number of guanidine groups is 1. The van der Waals surface area contributed by atoms with Crippen molar-refractivity contribution in [1.82, 2.24) is 25.3 Å². The zero-order valence-electron chi connectivity index (χ0n) is 15.7. The highest BCUT2D eigenvalue weighted by Gasteiger charge is 2.14. The lowest BCUT2D eigenvalue weighted by atomic mass is 10.1. The molecule has 1 aromatic heterocycles. The summed E-state index contributed by atoms with van der Waals surface area (Å²) >= 11 is 0. The van der Waals surface area contributed by atoms with Gasteiger partial charge in [-0.3, -0.25) is 9.48 Å². The molecule has 1 unspecified atom stereocenters. The van der Waals surface area contributed by atoms with E-state index in [1.807, 2.05) is 18.7 Å². The Morgan fingerprint density at radius 1 is 1.46 bits per heavy atom. The van der Waals surface area contributed by atoms with Crippen LogP contribution < -0.4 is 10.6 Å². The second-order valence-electron chi connectivity index (χ2n) is 6.15. The van der Waals surface area contributed by atoms with Crippen molar-refractivity contribution in [1.29, 1.82) is 0 Å². The van der Waals surface area contributed by atoms with Gasteiger partial charge in [0.2, 0.25) is 5.91 Å². The molecule has 7 nitrogen and oxygen atoms in total. The van der Waals surface area contributed by atoms with E-state index in [-0.39, 0.29) is 18.5 Å². The van der Waals surface area contributed by atoms with Crippen molar-refractivity contribution in [2.45, 2.75) is 33.2 Å². The highest BCUT2D eigenvalue weighted by molar-refractivity contribution is 5.85. The largest absolute Gasteiger partial charge is 0.354 e. The molecule has 7 heteroatoms. The number of hydrogen-bond donors (Lipinski definition) is 2. The number of likely N-dealkylation sites (N-methyl/N-ethyl adjacent to an activating group) is 1. The van der Waals surface area contributed by atoms with Crippen LogP contribution in [0.4, 0.5) is 0 Å². The molecule has 0 aliphatic heterocycles. The van der Waals surface area contributed by atoms with Crippen molar-refractivity contribution in [2.24, 2.45) is 12.0 Å². The molecule has 0 aliphatic carbocycles. The number of nitrogens with zero attached hydrogens (tertiary/aromatic N) is 4. The molecule has 0 bridgehead atoms. The van der Waals surface area contributed by atoms with Gasteiger partial charge in [-0.25, -0.2) is 4.99 Å². The van der Waals surface area contributed by atoms with Crippen molar-refractivity contribution in [3.8, 4) is 0 Å². The molecule has 1 rings (SSSR count).